The quantitative estimate of drug-likeness (QED) is 0.830. The van der Waals surface area contributed by atoms with Crippen molar-refractivity contribution in [2.75, 3.05) is 13.6 Å². The fourth-order valence-electron chi connectivity index (χ4n) is 1.35. The predicted octanol–water partition coefficient (Wildman–Crippen LogP) is 0.732. The maximum Gasteiger partial charge on any atom is 0.230 e. The van der Waals surface area contributed by atoms with Crippen LogP contribution < -0.4 is 5.73 Å². The maximum atomic E-state index is 11.9. The van der Waals surface area contributed by atoms with Crippen molar-refractivity contribution in [1.82, 2.24) is 4.31 Å². The van der Waals surface area contributed by atoms with Crippen molar-refractivity contribution in [3.05, 3.63) is 21.9 Å². The van der Waals surface area contributed by atoms with Crippen LogP contribution in [0, 0.1) is 23.2 Å². The summed E-state index contributed by atoms with van der Waals surface area (Å²) in [7, 11) is -2.11. The van der Waals surface area contributed by atoms with Gasteiger partial charge in [-0.05, 0) is 23.9 Å². The Bertz CT molecular complexity index is 632. The number of nitrogens with two attached hydrogens (primary N) is 1. The summed E-state index contributed by atoms with van der Waals surface area (Å²) in [5.41, 5.74) is 6.13. The Kier molecular flexibility index (Phi) is 5.52. The summed E-state index contributed by atoms with van der Waals surface area (Å²) >= 11 is 1.44. The Morgan fingerprint density at radius 2 is 2.26 bits per heavy atom. The highest BCUT2D eigenvalue weighted by atomic mass is 32.2. The molecule has 0 radical (unpaired) electrons. The van der Waals surface area contributed by atoms with Crippen LogP contribution in [-0.4, -0.2) is 31.6 Å². The third kappa shape index (κ3) is 4.05. The normalized spacial score (nSPS) is 12.6. The van der Waals surface area contributed by atoms with E-state index in [-0.39, 0.29) is 6.54 Å². The highest BCUT2D eigenvalue weighted by Gasteiger charge is 2.25. The molecule has 7 heteroatoms. The number of nitrogens with zero attached hydrogens (tertiary/aromatic N) is 2. The van der Waals surface area contributed by atoms with Gasteiger partial charge in [-0.1, -0.05) is 11.8 Å². The fraction of sp³-hybridized carbons (Fsp3) is 0.417. The highest BCUT2D eigenvalue weighted by molar-refractivity contribution is 7.89. The maximum absolute atomic E-state index is 11.9. The standard InChI is InChI=1S/C12H15N3O2S2/c1-10(7-14)19(16,17)15(2)8-11-6-12(18-9-11)4-3-5-13/h6,9-10H,5,8,13H2,1-2H3. The molecule has 1 atom stereocenters. The lowest BCUT2D eigenvalue weighted by molar-refractivity contribution is 0.463. The monoisotopic (exact) mass is 297 g/mol. The minimum atomic E-state index is -3.57. The topological polar surface area (TPSA) is 87.2 Å². The van der Waals surface area contributed by atoms with Crippen molar-refractivity contribution < 1.29 is 8.42 Å². The van der Waals surface area contributed by atoms with E-state index in [4.69, 9.17) is 11.0 Å². The minimum absolute atomic E-state index is 0.231. The Hall–Kier alpha value is -1.38. The lowest BCUT2D eigenvalue weighted by Crippen LogP contribution is -2.33. The fourth-order valence-corrected chi connectivity index (χ4v) is 3.12. The first kappa shape index (κ1) is 15.7. The van der Waals surface area contributed by atoms with E-state index in [9.17, 15) is 8.42 Å². The second kappa shape index (κ2) is 6.69. The first-order chi connectivity index (χ1) is 8.91. The number of sulfonamides is 1. The molecule has 1 aromatic rings. The summed E-state index contributed by atoms with van der Waals surface area (Å²) in [6.07, 6.45) is 0. The molecular formula is C12H15N3O2S2. The molecule has 0 bridgehead atoms. The first-order valence-corrected chi connectivity index (χ1v) is 7.91. The number of hydrogen-bond donors (Lipinski definition) is 1. The van der Waals surface area contributed by atoms with Crippen molar-refractivity contribution >= 4 is 21.4 Å². The lowest BCUT2D eigenvalue weighted by Gasteiger charge is -2.17. The molecule has 1 rings (SSSR count). The van der Waals surface area contributed by atoms with Gasteiger partial charge in [-0.15, -0.1) is 11.3 Å². The molecule has 0 amide bonds. The third-order valence-electron chi connectivity index (χ3n) is 2.44. The molecule has 19 heavy (non-hydrogen) atoms. The van der Waals surface area contributed by atoms with Gasteiger partial charge < -0.3 is 5.73 Å². The molecule has 102 valence electrons. The second-order valence-electron chi connectivity index (χ2n) is 3.90. The second-order valence-corrected chi connectivity index (χ2v) is 7.17. The Balaban J connectivity index is 2.81. The van der Waals surface area contributed by atoms with Crippen molar-refractivity contribution in [3.63, 3.8) is 0 Å². The average molecular weight is 297 g/mol. The molecule has 0 aliphatic heterocycles. The van der Waals surface area contributed by atoms with Crippen LogP contribution in [0.2, 0.25) is 0 Å². The van der Waals surface area contributed by atoms with Gasteiger partial charge in [0, 0.05) is 13.6 Å². The van der Waals surface area contributed by atoms with Crippen molar-refractivity contribution in [2.45, 2.75) is 18.7 Å². The minimum Gasteiger partial charge on any atom is -0.320 e. The zero-order chi connectivity index (χ0) is 14.5. The largest absolute Gasteiger partial charge is 0.320 e. The van der Waals surface area contributed by atoms with E-state index < -0.39 is 15.3 Å². The van der Waals surface area contributed by atoms with E-state index in [1.807, 2.05) is 11.4 Å². The third-order valence-corrected chi connectivity index (χ3v) is 5.33. The Labute approximate surface area is 117 Å². The van der Waals surface area contributed by atoms with Crippen molar-refractivity contribution in [2.24, 2.45) is 5.73 Å². The van der Waals surface area contributed by atoms with Crippen LogP contribution in [0.15, 0.2) is 11.4 Å². The highest BCUT2D eigenvalue weighted by Crippen LogP contribution is 2.17. The summed E-state index contributed by atoms with van der Waals surface area (Å²) < 4.78 is 25.0. The molecule has 0 saturated carbocycles. The van der Waals surface area contributed by atoms with Crippen LogP contribution in [0.1, 0.15) is 17.4 Å². The van der Waals surface area contributed by atoms with Gasteiger partial charge in [-0.3, -0.25) is 0 Å². The molecular weight excluding hydrogens is 282 g/mol. The molecule has 0 fully saturated rings. The van der Waals surface area contributed by atoms with Gasteiger partial charge >= 0.3 is 0 Å². The van der Waals surface area contributed by atoms with E-state index in [1.165, 1.54) is 29.6 Å². The van der Waals surface area contributed by atoms with E-state index in [0.717, 1.165) is 10.4 Å². The van der Waals surface area contributed by atoms with Gasteiger partial charge in [0.15, 0.2) is 5.25 Å². The van der Waals surface area contributed by atoms with Crippen molar-refractivity contribution in [3.8, 4) is 17.9 Å². The molecule has 1 aromatic heterocycles. The predicted molar refractivity (Wildman–Crippen MR) is 75.7 cm³/mol. The van der Waals surface area contributed by atoms with Gasteiger partial charge in [0.25, 0.3) is 0 Å². The van der Waals surface area contributed by atoms with Gasteiger partial charge in [-0.2, -0.15) is 9.57 Å². The summed E-state index contributed by atoms with van der Waals surface area (Å²) in [6, 6.07) is 3.57. The molecule has 5 nitrogen and oxygen atoms in total. The molecule has 0 saturated heterocycles. The van der Waals surface area contributed by atoms with Crippen LogP contribution in [0.3, 0.4) is 0 Å². The van der Waals surface area contributed by atoms with Crippen LogP contribution in [0.25, 0.3) is 0 Å². The Morgan fingerprint density at radius 1 is 1.58 bits per heavy atom. The first-order valence-electron chi connectivity index (χ1n) is 5.53. The molecule has 0 aromatic carbocycles. The molecule has 1 unspecified atom stereocenters. The number of rotatable bonds is 4. The van der Waals surface area contributed by atoms with E-state index in [0.29, 0.717) is 6.54 Å². The summed E-state index contributed by atoms with van der Waals surface area (Å²) in [4.78, 5) is 0.847. The van der Waals surface area contributed by atoms with E-state index in [1.54, 1.807) is 6.07 Å². The Morgan fingerprint density at radius 3 is 2.84 bits per heavy atom. The van der Waals surface area contributed by atoms with Gasteiger partial charge in [-0.25, -0.2) is 8.42 Å². The summed E-state index contributed by atoms with van der Waals surface area (Å²) in [6.45, 7) is 1.90. The van der Waals surface area contributed by atoms with Gasteiger partial charge in [0.05, 0.1) is 17.5 Å². The number of thiophene rings is 1. The van der Waals surface area contributed by atoms with Crippen LogP contribution in [0.5, 0.6) is 0 Å². The average Bonchev–Trinajstić information content (AvgIpc) is 2.82. The van der Waals surface area contributed by atoms with E-state index >= 15 is 0 Å². The van der Waals surface area contributed by atoms with Crippen molar-refractivity contribution in [1.29, 1.82) is 5.26 Å². The molecule has 0 aliphatic carbocycles. The lowest BCUT2D eigenvalue weighted by atomic mass is 10.3. The number of nitriles is 1. The van der Waals surface area contributed by atoms with Gasteiger partial charge in [0.1, 0.15) is 0 Å². The van der Waals surface area contributed by atoms with Crippen LogP contribution in [0.4, 0.5) is 0 Å². The molecule has 0 spiro atoms. The summed E-state index contributed by atoms with van der Waals surface area (Å²) in [5, 5.41) is 9.51. The number of hydrogen-bond acceptors (Lipinski definition) is 5. The SMILES string of the molecule is CC(C#N)S(=O)(=O)N(C)Cc1csc(C#CCN)c1. The zero-order valence-electron chi connectivity index (χ0n) is 10.8. The zero-order valence-corrected chi connectivity index (χ0v) is 12.4. The molecule has 1 heterocycles. The van der Waals surface area contributed by atoms with Crippen LogP contribution in [-0.2, 0) is 16.6 Å². The van der Waals surface area contributed by atoms with E-state index in [2.05, 4.69) is 11.8 Å². The van der Waals surface area contributed by atoms with Gasteiger partial charge in [0.2, 0.25) is 10.0 Å². The summed E-state index contributed by atoms with van der Waals surface area (Å²) in [5.74, 6) is 5.64. The molecule has 0 aliphatic rings. The smallest absolute Gasteiger partial charge is 0.230 e. The molecule has 2 N–H and O–H groups in total. The van der Waals surface area contributed by atoms with Crippen LogP contribution >= 0.6 is 11.3 Å².